The minimum Gasteiger partial charge on any atom is -0.378 e. The fourth-order valence-corrected chi connectivity index (χ4v) is 4.03. The normalized spacial score (nSPS) is 16.0. The summed E-state index contributed by atoms with van der Waals surface area (Å²) >= 11 is 6.17. The maximum absolute atomic E-state index is 13.0. The summed E-state index contributed by atoms with van der Waals surface area (Å²) in [5, 5.41) is 10.6. The van der Waals surface area contributed by atoms with Crippen LogP contribution < -0.4 is 10.6 Å². The minimum absolute atomic E-state index is 0.0940. The molecule has 1 fully saturated rings. The zero-order valence-corrected chi connectivity index (χ0v) is 18.2. The predicted molar refractivity (Wildman–Crippen MR) is 116 cm³/mol. The second-order valence-electron chi connectivity index (χ2n) is 7.57. The lowest BCUT2D eigenvalue weighted by molar-refractivity contribution is 0.0294. The fraction of sp³-hybridized carbons (Fsp3) is 0.476. The quantitative estimate of drug-likeness (QED) is 0.732. The topological polar surface area (TPSA) is 97.7 Å². The molecular formula is C21H26ClN5O4. The standard InChI is InChI=1S/C21H26ClN5O4/c1-14-2-3-17(16(22)12-14)24-21(29)23-5-6-27-18-4-9-31-13-15(18)19(25-27)20(28)26-7-10-30-11-8-26/h2-3,12H,4-11,13H2,1H3,(H2,23,24,29). The zero-order valence-electron chi connectivity index (χ0n) is 17.4. The van der Waals surface area contributed by atoms with Gasteiger partial charge in [0, 0.05) is 37.3 Å². The number of anilines is 1. The molecule has 1 saturated heterocycles. The van der Waals surface area contributed by atoms with Gasteiger partial charge in [-0.3, -0.25) is 9.48 Å². The number of hydrogen-bond donors (Lipinski definition) is 2. The van der Waals surface area contributed by atoms with Gasteiger partial charge in [-0.25, -0.2) is 4.79 Å². The lowest BCUT2D eigenvalue weighted by Crippen LogP contribution is -2.41. The minimum atomic E-state index is -0.347. The number of carbonyl (C=O) groups excluding carboxylic acids is 2. The first-order chi connectivity index (χ1) is 15.0. The van der Waals surface area contributed by atoms with E-state index in [1.807, 2.05) is 17.7 Å². The number of amides is 3. The molecule has 10 heteroatoms. The van der Waals surface area contributed by atoms with E-state index >= 15 is 0 Å². The molecule has 2 N–H and O–H groups in total. The maximum Gasteiger partial charge on any atom is 0.319 e. The third-order valence-corrected chi connectivity index (χ3v) is 5.69. The molecule has 0 radical (unpaired) electrons. The van der Waals surface area contributed by atoms with Crippen LogP contribution >= 0.6 is 11.6 Å². The number of urea groups is 1. The van der Waals surface area contributed by atoms with Crippen molar-refractivity contribution in [3.05, 3.63) is 45.7 Å². The first-order valence-corrected chi connectivity index (χ1v) is 10.7. The van der Waals surface area contributed by atoms with Crippen LogP contribution in [0.15, 0.2) is 18.2 Å². The molecule has 1 aromatic heterocycles. The number of ether oxygens (including phenoxy) is 2. The van der Waals surface area contributed by atoms with Gasteiger partial charge in [0.05, 0.1) is 43.7 Å². The summed E-state index contributed by atoms with van der Waals surface area (Å²) in [6, 6.07) is 5.10. The Morgan fingerprint density at radius 3 is 2.77 bits per heavy atom. The smallest absolute Gasteiger partial charge is 0.319 e. The second-order valence-corrected chi connectivity index (χ2v) is 7.98. The Labute approximate surface area is 185 Å². The third-order valence-electron chi connectivity index (χ3n) is 5.38. The Bertz CT molecular complexity index is 971. The zero-order chi connectivity index (χ0) is 21.8. The highest BCUT2D eigenvalue weighted by molar-refractivity contribution is 6.33. The molecule has 0 spiro atoms. The first-order valence-electron chi connectivity index (χ1n) is 10.4. The third kappa shape index (κ3) is 5.00. The monoisotopic (exact) mass is 447 g/mol. The van der Waals surface area contributed by atoms with Gasteiger partial charge >= 0.3 is 6.03 Å². The number of hydrogen-bond acceptors (Lipinski definition) is 5. The van der Waals surface area contributed by atoms with Crippen molar-refractivity contribution in [1.29, 1.82) is 0 Å². The van der Waals surface area contributed by atoms with Crippen LogP contribution in [0, 0.1) is 6.92 Å². The van der Waals surface area contributed by atoms with E-state index in [4.69, 9.17) is 21.1 Å². The van der Waals surface area contributed by atoms with Gasteiger partial charge in [0.2, 0.25) is 0 Å². The van der Waals surface area contributed by atoms with Gasteiger partial charge in [-0.05, 0) is 24.6 Å². The van der Waals surface area contributed by atoms with E-state index < -0.39 is 0 Å². The highest BCUT2D eigenvalue weighted by Crippen LogP contribution is 2.23. The first kappa shape index (κ1) is 21.6. The molecule has 2 aromatic rings. The van der Waals surface area contributed by atoms with Gasteiger partial charge in [0.1, 0.15) is 0 Å². The molecule has 2 aliphatic rings. The molecule has 0 saturated carbocycles. The van der Waals surface area contributed by atoms with E-state index in [0.717, 1.165) is 16.8 Å². The van der Waals surface area contributed by atoms with Crippen molar-refractivity contribution >= 4 is 29.2 Å². The number of aromatic nitrogens is 2. The number of rotatable bonds is 5. The fourth-order valence-electron chi connectivity index (χ4n) is 3.74. The van der Waals surface area contributed by atoms with Crippen molar-refractivity contribution < 1.29 is 19.1 Å². The molecule has 3 heterocycles. The summed E-state index contributed by atoms with van der Waals surface area (Å²) in [4.78, 5) is 27.0. The van der Waals surface area contributed by atoms with Gasteiger partial charge in [0.25, 0.3) is 5.91 Å². The van der Waals surface area contributed by atoms with Crippen LogP contribution in [0.5, 0.6) is 0 Å². The molecule has 0 aliphatic carbocycles. The Hall–Kier alpha value is -2.62. The Morgan fingerprint density at radius 1 is 1.19 bits per heavy atom. The van der Waals surface area contributed by atoms with E-state index in [2.05, 4.69) is 15.7 Å². The van der Waals surface area contributed by atoms with Gasteiger partial charge in [0.15, 0.2) is 5.69 Å². The number of carbonyl (C=O) groups is 2. The molecule has 4 rings (SSSR count). The van der Waals surface area contributed by atoms with Crippen molar-refractivity contribution in [2.75, 3.05) is 44.8 Å². The summed E-state index contributed by atoms with van der Waals surface area (Å²) in [5.41, 5.74) is 3.85. The van der Waals surface area contributed by atoms with E-state index in [1.165, 1.54) is 0 Å². The highest BCUT2D eigenvalue weighted by Gasteiger charge is 2.29. The van der Waals surface area contributed by atoms with Gasteiger partial charge in [-0.1, -0.05) is 17.7 Å². The molecule has 2 aliphatic heterocycles. The number of halogens is 1. The SMILES string of the molecule is Cc1ccc(NC(=O)NCCn2nc(C(=O)N3CCOCC3)c3c2CCOC3)c(Cl)c1. The van der Waals surface area contributed by atoms with E-state index in [9.17, 15) is 9.59 Å². The second kappa shape index (κ2) is 9.67. The molecule has 0 atom stereocenters. The maximum atomic E-state index is 13.0. The number of fused-ring (bicyclic) bond motifs is 1. The molecule has 0 bridgehead atoms. The van der Waals surface area contributed by atoms with Crippen molar-refractivity contribution in [2.24, 2.45) is 0 Å². The molecule has 0 unspecified atom stereocenters. The van der Waals surface area contributed by atoms with Crippen molar-refractivity contribution in [2.45, 2.75) is 26.5 Å². The average Bonchev–Trinajstić information content (AvgIpc) is 3.14. The lowest BCUT2D eigenvalue weighted by Gasteiger charge is -2.26. The number of nitrogens with zero attached hydrogens (tertiary/aromatic N) is 3. The molecule has 31 heavy (non-hydrogen) atoms. The van der Waals surface area contributed by atoms with Crippen LogP contribution in [0.25, 0.3) is 0 Å². The summed E-state index contributed by atoms with van der Waals surface area (Å²) in [6.45, 7) is 5.90. The summed E-state index contributed by atoms with van der Waals surface area (Å²) in [6.07, 6.45) is 0.684. The number of aryl methyl sites for hydroxylation is 1. The molecule has 166 valence electrons. The van der Waals surface area contributed by atoms with Gasteiger partial charge in [-0.15, -0.1) is 0 Å². The van der Waals surface area contributed by atoms with Crippen LogP contribution in [0.1, 0.15) is 27.3 Å². The average molecular weight is 448 g/mol. The molecular weight excluding hydrogens is 422 g/mol. The van der Waals surface area contributed by atoms with Crippen LogP contribution in [-0.4, -0.2) is 66.1 Å². The Balaban J connectivity index is 1.39. The summed E-state index contributed by atoms with van der Waals surface area (Å²) in [7, 11) is 0. The largest absolute Gasteiger partial charge is 0.378 e. The number of nitrogens with one attached hydrogen (secondary N) is 2. The molecule has 1 aromatic carbocycles. The van der Waals surface area contributed by atoms with E-state index in [1.54, 1.807) is 17.0 Å². The van der Waals surface area contributed by atoms with Gasteiger partial charge in [-0.2, -0.15) is 5.10 Å². The molecule has 3 amide bonds. The van der Waals surface area contributed by atoms with Crippen LogP contribution in [0.3, 0.4) is 0 Å². The lowest BCUT2D eigenvalue weighted by atomic mass is 10.1. The van der Waals surface area contributed by atoms with Crippen LogP contribution in [-0.2, 0) is 29.0 Å². The Morgan fingerprint density at radius 2 is 2.00 bits per heavy atom. The molecule has 9 nitrogen and oxygen atoms in total. The van der Waals surface area contributed by atoms with Crippen molar-refractivity contribution in [1.82, 2.24) is 20.0 Å². The van der Waals surface area contributed by atoms with E-state index in [-0.39, 0.29) is 11.9 Å². The predicted octanol–water partition coefficient (Wildman–Crippen LogP) is 2.21. The highest BCUT2D eigenvalue weighted by atomic mass is 35.5. The van der Waals surface area contributed by atoms with Crippen molar-refractivity contribution in [3.8, 4) is 0 Å². The summed E-state index contributed by atoms with van der Waals surface area (Å²) < 4.78 is 12.7. The Kier molecular flexibility index (Phi) is 6.74. The summed E-state index contributed by atoms with van der Waals surface area (Å²) in [5.74, 6) is -0.0940. The number of benzene rings is 1. The van der Waals surface area contributed by atoms with Crippen LogP contribution in [0.2, 0.25) is 5.02 Å². The van der Waals surface area contributed by atoms with E-state index in [0.29, 0.717) is 75.4 Å². The van der Waals surface area contributed by atoms with Crippen molar-refractivity contribution in [3.63, 3.8) is 0 Å². The van der Waals surface area contributed by atoms with Crippen LogP contribution in [0.4, 0.5) is 10.5 Å². The van der Waals surface area contributed by atoms with Gasteiger partial charge < -0.3 is 25.0 Å². The number of morpholine rings is 1.